The zero-order chi connectivity index (χ0) is 16.3. The number of aromatic nitrogens is 2. The van der Waals surface area contributed by atoms with Gasteiger partial charge in [0, 0.05) is 4.88 Å². The molecule has 1 aliphatic carbocycles. The lowest BCUT2D eigenvalue weighted by Crippen LogP contribution is -2.26. The summed E-state index contributed by atoms with van der Waals surface area (Å²) in [6.07, 6.45) is -2.15. The van der Waals surface area contributed by atoms with Gasteiger partial charge in [0.1, 0.15) is 4.83 Å². The average Bonchev–Trinajstić information content (AvgIpc) is 2.74. The minimum atomic E-state index is -4.63. The van der Waals surface area contributed by atoms with Crippen molar-refractivity contribution in [2.24, 2.45) is 11.3 Å². The standard InChI is InChI=1S/C15H17F3N2OS/c1-14(2,3)7-4-5-8-9(6-7)22-12-10(8)11(21)19-13(20-12)15(16,17)18/h7H,4-6H2,1-3H3,(H,19,20,21)/t7-/m1/s1. The molecule has 0 spiro atoms. The van der Waals surface area contributed by atoms with Gasteiger partial charge in [-0.05, 0) is 36.2 Å². The lowest BCUT2D eigenvalue weighted by atomic mass is 9.72. The fraction of sp³-hybridized carbons (Fsp3) is 0.600. The molecule has 0 aliphatic heterocycles. The number of halogens is 3. The van der Waals surface area contributed by atoms with Crippen molar-refractivity contribution in [2.75, 3.05) is 0 Å². The van der Waals surface area contributed by atoms with Gasteiger partial charge >= 0.3 is 6.18 Å². The summed E-state index contributed by atoms with van der Waals surface area (Å²) in [6.45, 7) is 6.51. The van der Waals surface area contributed by atoms with Crippen LogP contribution in [0, 0.1) is 11.3 Å². The van der Waals surface area contributed by atoms with Gasteiger partial charge in [-0.3, -0.25) is 4.79 Å². The number of hydrogen-bond acceptors (Lipinski definition) is 3. The van der Waals surface area contributed by atoms with Crippen LogP contribution in [-0.4, -0.2) is 9.97 Å². The van der Waals surface area contributed by atoms with Crippen LogP contribution in [0.1, 0.15) is 43.5 Å². The minimum absolute atomic E-state index is 0.144. The molecule has 3 rings (SSSR count). The first kappa shape index (κ1) is 15.5. The molecular formula is C15H17F3N2OS. The van der Waals surface area contributed by atoms with Crippen LogP contribution in [0.25, 0.3) is 10.2 Å². The monoisotopic (exact) mass is 330 g/mol. The number of fused-ring (bicyclic) bond motifs is 3. The molecule has 1 N–H and O–H groups in total. The Morgan fingerprint density at radius 3 is 2.55 bits per heavy atom. The predicted molar refractivity (Wildman–Crippen MR) is 80.2 cm³/mol. The van der Waals surface area contributed by atoms with Crippen molar-refractivity contribution in [3.63, 3.8) is 0 Å². The van der Waals surface area contributed by atoms with Gasteiger partial charge in [-0.1, -0.05) is 20.8 Å². The molecule has 1 aliphatic rings. The molecule has 2 aromatic rings. The fourth-order valence-electron chi connectivity index (χ4n) is 3.06. The summed E-state index contributed by atoms with van der Waals surface area (Å²) in [4.78, 5) is 18.8. The number of thiophene rings is 1. The lowest BCUT2D eigenvalue weighted by Gasteiger charge is -2.33. The van der Waals surface area contributed by atoms with Gasteiger partial charge in [-0.25, -0.2) is 4.98 Å². The van der Waals surface area contributed by atoms with Crippen molar-refractivity contribution in [3.05, 3.63) is 26.6 Å². The first-order chi connectivity index (χ1) is 10.1. The van der Waals surface area contributed by atoms with E-state index in [-0.39, 0.29) is 10.2 Å². The van der Waals surface area contributed by atoms with Gasteiger partial charge < -0.3 is 4.98 Å². The van der Waals surface area contributed by atoms with E-state index in [0.29, 0.717) is 11.3 Å². The fourth-order valence-corrected chi connectivity index (χ4v) is 4.36. The number of aryl methyl sites for hydroxylation is 1. The van der Waals surface area contributed by atoms with Crippen LogP contribution >= 0.6 is 11.3 Å². The van der Waals surface area contributed by atoms with Gasteiger partial charge in [0.2, 0.25) is 5.82 Å². The molecule has 0 saturated heterocycles. The maximum Gasteiger partial charge on any atom is 0.449 e. The Morgan fingerprint density at radius 1 is 1.27 bits per heavy atom. The van der Waals surface area contributed by atoms with E-state index in [4.69, 9.17) is 0 Å². The van der Waals surface area contributed by atoms with Crippen molar-refractivity contribution in [2.45, 2.75) is 46.2 Å². The second-order valence-corrected chi connectivity index (χ2v) is 7.99. The molecule has 22 heavy (non-hydrogen) atoms. The Bertz CT molecular complexity index is 783. The number of nitrogens with one attached hydrogen (secondary N) is 1. The van der Waals surface area contributed by atoms with Crippen LogP contribution < -0.4 is 5.56 Å². The van der Waals surface area contributed by atoms with Crippen LogP contribution in [0.3, 0.4) is 0 Å². The minimum Gasteiger partial charge on any atom is -0.302 e. The quantitative estimate of drug-likeness (QED) is 0.788. The van der Waals surface area contributed by atoms with Gasteiger partial charge in [0.15, 0.2) is 0 Å². The number of H-pyrrole nitrogens is 1. The molecular weight excluding hydrogens is 313 g/mol. The number of rotatable bonds is 0. The molecule has 120 valence electrons. The Hall–Kier alpha value is -1.37. The molecule has 3 nitrogen and oxygen atoms in total. The summed E-state index contributed by atoms with van der Waals surface area (Å²) in [7, 11) is 0. The van der Waals surface area contributed by atoms with Gasteiger partial charge in [0.05, 0.1) is 5.39 Å². The smallest absolute Gasteiger partial charge is 0.302 e. The number of nitrogens with zero attached hydrogens (tertiary/aromatic N) is 1. The molecule has 7 heteroatoms. The van der Waals surface area contributed by atoms with E-state index in [1.54, 1.807) is 0 Å². The van der Waals surface area contributed by atoms with Crippen molar-refractivity contribution in [1.29, 1.82) is 0 Å². The Kier molecular flexibility index (Phi) is 3.39. The highest BCUT2D eigenvalue weighted by atomic mass is 32.1. The van der Waals surface area contributed by atoms with Crippen LogP contribution in [0.2, 0.25) is 0 Å². The molecule has 2 aromatic heterocycles. The second kappa shape index (κ2) is 4.81. The summed E-state index contributed by atoms with van der Waals surface area (Å²) in [5.41, 5.74) is 0.359. The topological polar surface area (TPSA) is 45.8 Å². The normalized spacial score (nSPS) is 19.5. The molecule has 0 fully saturated rings. The van der Waals surface area contributed by atoms with Gasteiger partial charge in [-0.15, -0.1) is 11.3 Å². The predicted octanol–water partition coefficient (Wildman–Crippen LogP) is 4.15. The number of hydrogen-bond donors (Lipinski definition) is 1. The van der Waals surface area contributed by atoms with Crippen molar-refractivity contribution in [1.82, 2.24) is 9.97 Å². The zero-order valence-electron chi connectivity index (χ0n) is 12.6. The first-order valence-corrected chi connectivity index (χ1v) is 8.01. The van der Waals surface area contributed by atoms with E-state index in [0.717, 1.165) is 29.7 Å². The third-order valence-corrected chi connectivity index (χ3v) is 5.56. The molecule has 0 unspecified atom stereocenters. The Labute approximate surface area is 129 Å². The van der Waals surface area contributed by atoms with E-state index in [1.807, 2.05) is 4.98 Å². The number of aromatic amines is 1. The van der Waals surface area contributed by atoms with E-state index in [1.165, 1.54) is 11.3 Å². The summed E-state index contributed by atoms with van der Waals surface area (Å²) >= 11 is 1.23. The highest BCUT2D eigenvalue weighted by molar-refractivity contribution is 7.18. The molecule has 0 bridgehead atoms. The largest absolute Gasteiger partial charge is 0.449 e. The SMILES string of the molecule is CC(C)(C)[C@@H]1CCc2c(sc3nc(C(F)(F)F)[nH]c(=O)c23)C1. The van der Waals surface area contributed by atoms with E-state index in [9.17, 15) is 18.0 Å². The Balaban J connectivity index is 2.13. The van der Waals surface area contributed by atoms with Crippen molar-refractivity contribution < 1.29 is 13.2 Å². The molecule has 0 radical (unpaired) electrons. The molecule has 0 aromatic carbocycles. The first-order valence-electron chi connectivity index (χ1n) is 7.19. The van der Waals surface area contributed by atoms with Crippen molar-refractivity contribution >= 4 is 21.6 Å². The summed E-state index contributed by atoms with van der Waals surface area (Å²) in [6, 6.07) is 0. The maximum absolute atomic E-state index is 12.8. The molecule has 2 heterocycles. The van der Waals surface area contributed by atoms with Crippen LogP contribution in [-0.2, 0) is 19.0 Å². The third kappa shape index (κ3) is 2.55. The van der Waals surface area contributed by atoms with E-state index in [2.05, 4.69) is 25.8 Å². The second-order valence-electron chi connectivity index (χ2n) is 6.90. The van der Waals surface area contributed by atoms with Crippen LogP contribution in [0.4, 0.5) is 13.2 Å². The van der Waals surface area contributed by atoms with Crippen molar-refractivity contribution in [3.8, 4) is 0 Å². The summed E-state index contributed by atoms with van der Waals surface area (Å²) in [5.74, 6) is -0.745. The molecule has 1 atom stereocenters. The summed E-state index contributed by atoms with van der Waals surface area (Å²) < 4.78 is 38.3. The van der Waals surface area contributed by atoms with E-state index >= 15 is 0 Å². The highest BCUT2D eigenvalue weighted by Crippen LogP contribution is 2.42. The number of alkyl halides is 3. The van der Waals surface area contributed by atoms with Gasteiger partial charge in [0.25, 0.3) is 5.56 Å². The molecule has 0 saturated carbocycles. The zero-order valence-corrected chi connectivity index (χ0v) is 13.4. The third-order valence-electron chi connectivity index (χ3n) is 4.41. The highest BCUT2D eigenvalue weighted by Gasteiger charge is 2.36. The summed E-state index contributed by atoms with van der Waals surface area (Å²) in [5, 5.41) is 0.348. The average molecular weight is 330 g/mol. The maximum atomic E-state index is 12.8. The molecule has 0 amide bonds. The van der Waals surface area contributed by atoms with Crippen LogP contribution in [0.15, 0.2) is 4.79 Å². The Morgan fingerprint density at radius 2 is 1.95 bits per heavy atom. The van der Waals surface area contributed by atoms with Crippen LogP contribution in [0.5, 0.6) is 0 Å². The van der Waals surface area contributed by atoms with E-state index < -0.39 is 17.6 Å². The lowest BCUT2D eigenvalue weighted by molar-refractivity contribution is -0.144. The van der Waals surface area contributed by atoms with Gasteiger partial charge in [-0.2, -0.15) is 13.2 Å².